The van der Waals surface area contributed by atoms with Crippen molar-refractivity contribution < 1.29 is 19.5 Å². The zero-order valence-electron chi connectivity index (χ0n) is 9.24. The van der Waals surface area contributed by atoms with Gasteiger partial charge in [-0.05, 0) is 27.2 Å². The van der Waals surface area contributed by atoms with Crippen molar-refractivity contribution in [1.82, 2.24) is 5.06 Å². The van der Waals surface area contributed by atoms with Gasteiger partial charge in [0.05, 0.1) is 6.61 Å². The van der Waals surface area contributed by atoms with Crippen LogP contribution in [0.15, 0.2) is 0 Å². The van der Waals surface area contributed by atoms with Crippen molar-refractivity contribution in [3.8, 4) is 0 Å². The minimum atomic E-state index is -0.532. The van der Waals surface area contributed by atoms with Crippen molar-refractivity contribution in [2.75, 3.05) is 20.3 Å². The molecule has 0 unspecified atom stereocenters. The second-order valence-corrected chi connectivity index (χ2v) is 3.89. The summed E-state index contributed by atoms with van der Waals surface area (Å²) >= 11 is 0. The van der Waals surface area contributed by atoms with Gasteiger partial charge in [-0.2, -0.15) is 5.06 Å². The van der Waals surface area contributed by atoms with Gasteiger partial charge in [-0.25, -0.2) is 4.79 Å². The molecular weight excluding hydrogens is 186 g/mol. The summed E-state index contributed by atoms with van der Waals surface area (Å²) in [6.07, 6.45) is -0.0388. The molecule has 0 aromatic carbocycles. The van der Waals surface area contributed by atoms with Gasteiger partial charge in [0.15, 0.2) is 0 Å². The zero-order chi connectivity index (χ0) is 11.2. The monoisotopic (exact) mass is 205 g/mol. The van der Waals surface area contributed by atoms with Crippen LogP contribution < -0.4 is 0 Å². The molecule has 5 nitrogen and oxygen atoms in total. The van der Waals surface area contributed by atoms with E-state index in [0.29, 0.717) is 13.0 Å². The second-order valence-electron chi connectivity index (χ2n) is 3.89. The molecule has 0 spiro atoms. The molecule has 0 aliphatic heterocycles. The van der Waals surface area contributed by atoms with Crippen LogP contribution in [0.2, 0.25) is 0 Å². The first-order valence-corrected chi connectivity index (χ1v) is 4.57. The largest absolute Gasteiger partial charge is 0.442 e. The van der Waals surface area contributed by atoms with E-state index in [9.17, 15) is 4.79 Å². The van der Waals surface area contributed by atoms with E-state index in [1.165, 1.54) is 7.05 Å². The van der Waals surface area contributed by atoms with Gasteiger partial charge in [-0.15, -0.1) is 0 Å². The van der Waals surface area contributed by atoms with Crippen LogP contribution in [0.3, 0.4) is 0 Å². The maximum atomic E-state index is 11.3. The van der Waals surface area contributed by atoms with Crippen LogP contribution in [0.5, 0.6) is 0 Å². The molecule has 0 rings (SSSR count). The average molecular weight is 205 g/mol. The molecule has 0 heterocycles. The maximum absolute atomic E-state index is 11.3. The Morgan fingerprint density at radius 2 is 2.00 bits per heavy atom. The topological polar surface area (TPSA) is 59.0 Å². The molecule has 5 heteroatoms. The van der Waals surface area contributed by atoms with E-state index in [-0.39, 0.29) is 6.61 Å². The molecule has 1 amide bonds. The molecule has 0 aromatic rings. The van der Waals surface area contributed by atoms with Crippen molar-refractivity contribution >= 4 is 6.09 Å². The van der Waals surface area contributed by atoms with Crippen LogP contribution in [0, 0.1) is 0 Å². The molecule has 0 saturated heterocycles. The first-order valence-electron chi connectivity index (χ1n) is 4.57. The van der Waals surface area contributed by atoms with E-state index in [2.05, 4.69) is 0 Å². The third kappa shape index (κ3) is 6.68. The maximum Gasteiger partial charge on any atom is 0.434 e. The standard InChI is InChI=1S/C9H19NO4/c1-9(2,3)14-8(12)10(4)13-7-5-6-11/h11H,5-7H2,1-4H3. The molecular formula is C9H19NO4. The Balaban J connectivity index is 3.77. The number of nitrogens with zero attached hydrogens (tertiary/aromatic N) is 1. The summed E-state index contributed by atoms with van der Waals surface area (Å²) < 4.78 is 5.03. The Bertz CT molecular complexity index is 176. The fourth-order valence-electron chi connectivity index (χ4n) is 0.645. The molecule has 14 heavy (non-hydrogen) atoms. The van der Waals surface area contributed by atoms with E-state index in [4.69, 9.17) is 14.7 Å². The summed E-state index contributed by atoms with van der Waals surface area (Å²) in [6, 6.07) is 0. The lowest BCUT2D eigenvalue weighted by Crippen LogP contribution is -2.34. The minimum absolute atomic E-state index is 0.0438. The highest BCUT2D eigenvalue weighted by Gasteiger charge is 2.19. The van der Waals surface area contributed by atoms with Crippen molar-refractivity contribution in [2.24, 2.45) is 0 Å². The highest BCUT2D eigenvalue weighted by molar-refractivity contribution is 5.66. The van der Waals surface area contributed by atoms with Gasteiger partial charge in [0.25, 0.3) is 0 Å². The van der Waals surface area contributed by atoms with Crippen LogP contribution >= 0.6 is 0 Å². The highest BCUT2D eigenvalue weighted by Crippen LogP contribution is 2.09. The van der Waals surface area contributed by atoms with E-state index in [1.807, 2.05) is 0 Å². The van der Waals surface area contributed by atoms with Crippen LogP contribution in [0.25, 0.3) is 0 Å². The van der Waals surface area contributed by atoms with Gasteiger partial charge in [0.2, 0.25) is 0 Å². The van der Waals surface area contributed by atoms with Crippen molar-refractivity contribution in [3.05, 3.63) is 0 Å². The van der Waals surface area contributed by atoms with Gasteiger partial charge in [-0.1, -0.05) is 0 Å². The summed E-state index contributed by atoms with van der Waals surface area (Å²) in [5, 5.41) is 9.52. The molecule has 0 atom stereocenters. The van der Waals surface area contributed by atoms with Crippen LogP contribution in [-0.4, -0.2) is 42.1 Å². The van der Waals surface area contributed by atoms with E-state index in [0.717, 1.165) is 5.06 Å². The van der Waals surface area contributed by atoms with E-state index < -0.39 is 11.7 Å². The first-order chi connectivity index (χ1) is 6.37. The number of rotatable bonds is 4. The summed E-state index contributed by atoms with van der Waals surface area (Å²) in [4.78, 5) is 16.3. The summed E-state index contributed by atoms with van der Waals surface area (Å²) in [5.74, 6) is 0. The molecule has 0 aliphatic carbocycles. The number of hydrogen-bond acceptors (Lipinski definition) is 4. The van der Waals surface area contributed by atoms with Crippen LogP contribution in [-0.2, 0) is 9.57 Å². The molecule has 84 valence electrons. The average Bonchev–Trinajstić information content (AvgIpc) is 2.01. The summed E-state index contributed by atoms with van der Waals surface area (Å²) in [7, 11) is 1.48. The second kappa shape index (κ2) is 5.82. The number of amides is 1. The lowest BCUT2D eigenvalue weighted by Gasteiger charge is -2.23. The Kier molecular flexibility index (Phi) is 5.49. The molecule has 0 aliphatic rings. The quantitative estimate of drug-likeness (QED) is 0.553. The molecule has 0 fully saturated rings. The fourth-order valence-corrected chi connectivity index (χ4v) is 0.645. The molecule has 0 radical (unpaired) electrons. The predicted molar refractivity (Wildman–Crippen MR) is 51.7 cm³/mol. The number of carbonyl (C=O) groups is 1. The number of carbonyl (C=O) groups excluding carboxylic acids is 1. The van der Waals surface area contributed by atoms with Gasteiger partial charge in [0, 0.05) is 13.7 Å². The smallest absolute Gasteiger partial charge is 0.434 e. The molecule has 0 bridgehead atoms. The third-order valence-corrected chi connectivity index (χ3v) is 1.24. The van der Waals surface area contributed by atoms with Gasteiger partial charge >= 0.3 is 6.09 Å². The Morgan fingerprint density at radius 1 is 1.43 bits per heavy atom. The normalized spacial score (nSPS) is 11.2. The Morgan fingerprint density at radius 3 is 2.43 bits per heavy atom. The lowest BCUT2D eigenvalue weighted by molar-refractivity contribution is -0.133. The number of hydroxylamine groups is 2. The van der Waals surface area contributed by atoms with E-state index >= 15 is 0 Å². The summed E-state index contributed by atoms with van der Waals surface area (Å²) in [5.41, 5.74) is -0.522. The lowest BCUT2D eigenvalue weighted by atomic mass is 10.2. The van der Waals surface area contributed by atoms with Crippen molar-refractivity contribution in [1.29, 1.82) is 0 Å². The fraction of sp³-hybridized carbons (Fsp3) is 0.889. The predicted octanol–water partition coefficient (Wildman–Crippen LogP) is 1.17. The number of ether oxygens (including phenoxy) is 1. The van der Waals surface area contributed by atoms with Crippen molar-refractivity contribution in [2.45, 2.75) is 32.8 Å². The van der Waals surface area contributed by atoms with Crippen molar-refractivity contribution in [3.63, 3.8) is 0 Å². The summed E-state index contributed by atoms with van der Waals surface area (Å²) in [6.45, 7) is 5.69. The minimum Gasteiger partial charge on any atom is -0.442 e. The molecule has 1 N–H and O–H groups in total. The van der Waals surface area contributed by atoms with E-state index in [1.54, 1.807) is 20.8 Å². The van der Waals surface area contributed by atoms with Gasteiger partial charge in [-0.3, -0.25) is 4.84 Å². The van der Waals surface area contributed by atoms with Crippen LogP contribution in [0.1, 0.15) is 27.2 Å². The Labute approximate surface area is 84.6 Å². The molecule has 0 saturated carbocycles. The zero-order valence-corrected chi connectivity index (χ0v) is 9.24. The number of hydrogen-bond donors (Lipinski definition) is 1. The van der Waals surface area contributed by atoms with Gasteiger partial charge in [0.1, 0.15) is 5.60 Å². The molecule has 0 aromatic heterocycles. The van der Waals surface area contributed by atoms with Crippen LogP contribution in [0.4, 0.5) is 4.79 Å². The highest BCUT2D eigenvalue weighted by atomic mass is 16.7. The third-order valence-electron chi connectivity index (χ3n) is 1.24. The Hall–Kier alpha value is -0.810. The SMILES string of the molecule is CN(OCCCO)C(=O)OC(C)(C)C. The first kappa shape index (κ1) is 13.2. The van der Waals surface area contributed by atoms with Gasteiger partial charge < -0.3 is 9.84 Å². The number of aliphatic hydroxyl groups is 1. The number of aliphatic hydroxyl groups excluding tert-OH is 1.